The third-order valence-corrected chi connectivity index (χ3v) is 5.44. The van der Waals surface area contributed by atoms with Crippen LogP contribution in [0.15, 0.2) is 64.9 Å². The number of carbonyl (C=O) groups is 2. The molecule has 0 saturated carbocycles. The molecule has 1 aliphatic rings. The highest BCUT2D eigenvalue weighted by molar-refractivity contribution is 6.46. The fraction of sp³-hybridized carbons (Fsp3) is 0.174. The number of Topliss-reactive ketones (excluding diaryl/α,β-unsaturated/α-hetero) is 1. The molecule has 4 rings (SSSR count). The lowest BCUT2D eigenvalue weighted by Crippen LogP contribution is -2.29. The number of amides is 1. The van der Waals surface area contributed by atoms with Crippen molar-refractivity contribution < 1.29 is 28.6 Å². The van der Waals surface area contributed by atoms with Crippen LogP contribution in [0.1, 0.15) is 23.1 Å². The summed E-state index contributed by atoms with van der Waals surface area (Å²) in [7, 11) is 2.83. The number of benzene rings is 1. The predicted molar refractivity (Wildman–Crippen MR) is 115 cm³/mol. The van der Waals surface area contributed by atoms with E-state index in [1.165, 1.54) is 37.5 Å². The van der Waals surface area contributed by atoms with Gasteiger partial charge in [-0.2, -0.15) is 0 Å². The molecule has 0 radical (unpaired) electrons. The molecule has 1 unspecified atom stereocenters. The van der Waals surface area contributed by atoms with Gasteiger partial charge in [0.15, 0.2) is 0 Å². The zero-order valence-corrected chi connectivity index (χ0v) is 18.0. The molecular formula is C23H19ClN2O6. The van der Waals surface area contributed by atoms with Gasteiger partial charge in [-0.1, -0.05) is 17.7 Å². The van der Waals surface area contributed by atoms with Gasteiger partial charge in [0.2, 0.25) is 0 Å². The maximum absolute atomic E-state index is 13.1. The van der Waals surface area contributed by atoms with Crippen LogP contribution in [0.2, 0.25) is 5.02 Å². The van der Waals surface area contributed by atoms with Gasteiger partial charge in [-0.15, -0.1) is 0 Å². The van der Waals surface area contributed by atoms with Crippen LogP contribution in [-0.4, -0.2) is 40.9 Å². The zero-order chi connectivity index (χ0) is 22.8. The molecule has 1 fully saturated rings. The highest BCUT2D eigenvalue weighted by atomic mass is 35.5. The molecule has 1 atom stereocenters. The number of aliphatic hydroxyl groups is 1. The maximum Gasteiger partial charge on any atom is 0.296 e. The Morgan fingerprint density at radius 2 is 1.94 bits per heavy atom. The quantitative estimate of drug-likeness (QED) is 0.341. The SMILES string of the molecule is COc1cc(/C(O)=C2\C(=O)C(=O)N(Cc3ccco3)C2c2ccccn2)c(OC)cc1Cl. The predicted octanol–water partition coefficient (Wildman–Crippen LogP) is 3.97. The molecule has 1 amide bonds. The van der Waals surface area contributed by atoms with E-state index < -0.39 is 23.5 Å². The molecular weight excluding hydrogens is 436 g/mol. The number of aromatic nitrogens is 1. The van der Waals surface area contributed by atoms with Crippen LogP contribution >= 0.6 is 11.6 Å². The zero-order valence-electron chi connectivity index (χ0n) is 17.2. The Balaban J connectivity index is 1.92. The van der Waals surface area contributed by atoms with E-state index >= 15 is 0 Å². The van der Waals surface area contributed by atoms with Gasteiger partial charge in [0.1, 0.15) is 29.1 Å². The molecule has 2 aromatic heterocycles. The molecule has 0 aliphatic carbocycles. The first-order chi connectivity index (χ1) is 15.5. The Kier molecular flexibility index (Phi) is 5.87. The summed E-state index contributed by atoms with van der Waals surface area (Å²) in [5.41, 5.74) is 0.452. The van der Waals surface area contributed by atoms with Gasteiger partial charge in [0, 0.05) is 12.3 Å². The lowest BCUT2D eigenvalue weighted by atomic mass is 9.97. The molecule has 1 aromatic carbocycles. The van der Waals surface area contributed by atoms with Gasteiger partial charge >= 0.3 is 0 Å². The first-order valence-electron chi connectivity index (χ1n) is 9.59. The van der Waals surface area contributed by atoms with Crippen LogP contribution in [0.3, 0.4) is 0 Å². The van der Waals surface area contributed by atoms with Crippen molar-refractivity contribution in [1.29, 1.82) is 0 Å². The van der Waals surface area contributed by atoms with Gasteiger partial charge < -0.3 is 23.9 Å². The summed E-state index contributed by atoms with van der Waals surface area (Å²) in [6.07, 6.45) is 3.03. The van der Waals surface area contributed by atoms with E-state index in [0.717, 1.165) is 0 Å². The van der Waals surface area contributed by atoms with Crippen molar-refractivity contribution in [2.75, 3.05) is 14.2 Å². The summed E-state index contributed by atoms with van der Waals surface area (Å²) >= 11 is 6.17. The van der Waals surface area contributed by atoms with Crippen molar-refractivity contribution in [2.24, 2.45) is 0 Å². The van der Waals surface area contributed by atoms with Crippen LogP contribution in [0.25, 0.3) is 5.76 Å². The molecule has 8 nitrogen and oxygen atoms in total. The second kappa shape index (κ2) is 8.76. The average Bonchev–Trinajstić information content (AvgIpc) is 3.41. The molecule has 1 N–H and O–H groups in total. The number of rotatable bonds is 6. The van der Waals surface area contributed by atoms with Crippen LogP contribution in [0, 0.1) is 0 Å². The molecule has 3 heterocycles. The van der Waals surface area contributed by atoms with E-state index in [0.29, 0.717) is 11.5 Å². The van der Waals surface area contributed by atoms with Gasteiger partial charge in [0.25, 0.3) is 11.7 Å². The third-order valence-electron chi connectivity index (χ3n) is 5.14. The number of nitrogens with zero attached hydrogens (tertiary/aromatic N) is 2. The van der Waals surface area contributed by atoms with Crippen molar-refractivity contribution >= 4 is 29.1 Å². The van der Waals surface area contributed by atoms with Gasteiger partial charge in [0.05, 0.1) is 48.9 Å². The second-order valence-electron chi connectivity index (χ2n) is 6.95. The van der Waals surface area contributed by atoms with E-state index in [2.05, 4.69) is 4.98 Å². The Hall–Kier alpha value is -3.78. The topological polar surface area (TPSA) is 102 Å². The summed E-state index contributed by atoms with van der Waals surface area (Å²) in [5.74, 6) is -1.08. The molecule has 1 aliphatic heterocycles. The lowest BCUT2D eigenvalue weighted by Gasteiger charge is -2.23. The summed E-state index contributed by atoms with van der Waals surface area (Å²) in [5, 5.41) is 11.5. The molecule has 9 heteroatoms. The summed E-state index contributed by atoms with van der Waals surface area (Å²) in [4.78, 5) is 31.7. The summed E-state index contributed by atoms with van der Waals surface area (Å²) < 4.78 is 16.0. The number of carbonyl (C=O) groups excluding carboxylic acids is 2. The largest absolute Gasteiger partial charge is 0.507 e. The summed E-state index contributed by atoms with van der Waals surface area (Å²) in [6, 6.07) is 10.5. The monoisotopic (exact) mass is 454 g/mol. The number of hydrogen-bond donors (Lipinski definition) is 1. The minimum atomic E-state index is -0.937. The van der Waals surface area contributed by atoms with E-state index in [1.807, 2.05) is 0 Å². The Morgan fingerprint density at radius 3 is 2.56 bits per heavy atom. The van der Waals surface area contributed by atoms with Crippen LogP contribution in [-0.2, 0) is 16.1 Å². The number of aliphatic hydroxyl groups excluding tert-OH is 1. The van der Waals surface area contributed by atoms with Crippen molar-refractivity contribution in [1.82, 2.24) is 9.88 Å². The van der Waals surface area contributed by atoms with Crippen molar-refractivity contribution in [3.05, 3.63) is 82.5 Å². The third kappa shape index (κ3) is 3.69. The Bertz CT molecular complexity index is 1190. The minimum Gasteiger partial charge on any atom is -0.507 e. The first kappa shape index (κ1) is 21.5. The average molecular weight is 455 g/mol. The second-order valence-corrected chi connectivity index (χ2v) is 7.36. The van der Waals surface area contributed by atoms with Crippen LogP contribution in [0.5, 0.6) is 11.5 Å². The number of ketones is 1. The standard InChI is InChI=1S/C23H19ClN2O6/c1-30-17-11-15(24)18(31-2)10-14(17)21(27)19-20(16-7-3-4-8-25-16)26(23(29)22(19)28)12-13-6-5-9-32-13/h3-11,20,27H,12H2,1-2H3/b21-19+. The van der Waals surface area contributed by atoms with E-state index in [4.69, 9.17) is 25.5 Å². The lowest BCUT2D eigenvalue weighted by molar-refractivity contribution is -0.140. The number of likely N-dealkylation sites (tertiary alicyclic amines) is 1. The van der Waals surface area contributed by atoms with E-state index in [-0.39, 0.29) is 34.2 Å². The van der Waals surface area contributed by atoms with Crippen molar-refractivity contribution in [3.63, 3.8) is 0 Å². The molecule has 164 valence electrons. The summed E-state index contributed by atoms with van der Waals surface area (Å²) in [6.45, 7) is 0.0245. The number of furan rings is 1. The Labute approximate surface area is 188 Å². The first-order valence-corrected chi connectivity index (χ1v) is 9.97. The number of hydrogen-bond acceptors (Lipinski definition) is 7. The minimum absolute atomic E-state index is 0.0245. The number of pyridine rings is 1. The van der Waals surface area contributed by atoms with Crippen LogP contribution in [0.4, 0.5) is 0 Å². The van der Waals surface area contributed by atoms with Gasteiger partial charge in [-0.25, -0.2) is 0 Å². The molecule has 1 saturated heterocycles. The number of halogens is 1. The van der Waals surface area contributed by atoms with E-state index in [9.17, 15) is 14.7 Å². The van der Waals surface area contributed by atoms with Crippen LogP contribution < -0.4 is 9.47 Å². The number of ether oxygens (including phenoxy) is 2. The Morgan fingerprint density at radius 1 is 1.16 bits per heavy atom. The van der Waals surface area contributed by atoms with Gasteiger partial charge in [-0.3, -0.25) is 14.6 Å². The molecule has 0 bridgehead atoms. The van der Waals surface area contributed by atoms with Gasteiger partial charge in [-0.05, 0) is 30.3 Å². The van der Waals surface area contributed by atoms with E-state index in [1.54, 1.807) is 36.5 Å². The fourth-order valence-electron chi connectivity index (χ4n) is 3.65. The maximum atomic E-state index is 13.1. The molecule has 0 spiro atoms. The highest BCUT2D eigenvalue weighted by Crippen LogP contribution is 2.43. The van der Waals surface area contributed by atoms with Crippen molar-refractivity contribution in [3.8, 4) is 11.5 Å². The fourth-order valence-corrected chi connectivity index (χ4v) is 3.88. The normalized spacial score (nSPS) is 17.6. The smallest absolute Gasteiger partial charge is 0.296 e. The molecule has 3 aromatic rings. The van der Waals surface area contributed by atoms with Crippen molar-refractivity contribution in [2.45, 2.75) is 12.6 Å². The molecule has 32 heavy (non-hydrogen) atoms. The number of methoxy groups -OCH3 is 2. The highest BCUT2D eigenvalue weighted by Gasteiger charge is 2.47.